The maximum Gasteiger partial charge on any atom is 0.251 e. The van der Waals surface area contributed by atoms with Crippen molar-refractivity contribution >= 4 is 17.5 Å². The van der Waals surface area contributed by atoms with E-state index in [1.807, 2.05) is 6.92 Å². The lowest BCUT2D eigenvalue weighted by atomic mass is 10.0. The van der Waals surface area contributed by atoms with Gasteiger partial charge in [0.2, 0.25) is 0 Å². The number of hydrogen-bond acceptors (Lipinski definition) is 2. The van der Waals surface area contributed by atoms with Crippen molar-refractivity contribution in [3.05, 3.63) is 34.3 Å². The third-order valence-corrected chi connectivity index (χ3v) is 3.73. The van der Waals surface area contributed by atoms with Crippen LogP contribution >= 0.6 is 11.6 Å². The van der Waals surface area contributed by atoms with Gasteiger partial charge in [-0.1, -0.05) is 43.7 Å². The van der Waals surface area contributed by atoms with Crippen LogP contribution in [0.15, 0.2) is 18.2 Å². The van der Waals surface area contributed by atoms with E-state index in [1.165, 1.54) is 0 Å². The quantitative estimate of drug-likeness (QED) is 0.839. The van der Waals surface area contributed by atoms with Gasteiger partial charge in [-0.15, -0.1) is 0 Å². The van der Waals surface area contributed by atoms with Crippen molar-refractivity contribution in [2.24, 2.45) is 11.7 Å². The average molecular weight is 293 g/mol. The molecule has 0 spiro atoms. The summed E-state index contributed by atoms with van der Waals surface area (Å²) in [7, 11) is 0. The van der Waals surface area contributed by atoms with Crippen molar-refractivity contribution in [1.82, 2.24) is 5.32 Å². The maximum absolute atomic E-state index is 12.1. The lowest BCUT2D eigenvalue weighted by molar-refractivity contribution is 0.0928. The first kappa shape index (κ1) is 16.6. The van der Waals surface area contributed by atoms with Crippen LogP contribution in [0.5, 0.6) is 0 Å². The number of nitrogens with two attached hydrogens (primary N) is 1. The molecule has 3 N–H and O–H groups in total. The summed E-state index contributed by atoms with van der Waals surface area (Å²) in [6, 6.07) is 5.24. The first-order valence-corrected chi connectivity index (χ1v) is 7.16. The molecule has 0 radical (unpaired) electrons. The second-order valence-electron chi connectivity index (χ2n) is 4.85. The van der Waals surface area contributed by atoms with Gasteiger partial charge < -0.3 is 11.1 Å². The van der Waals surface area contributed by atoms with E-state index in [2.05, 4.69) is 31.0 Å². The van der Waals surface area contributed by atoms with Gasteiger partial charge in [0.1, 0.15) is 0 Å². The van der Waals surface area contributed by atoms with Crippen molar-refractivity contribution < 1.29 is 4.79 Å². The Labute approximate surface area is 125 Å². The van der Waals surface area contributed by atoms with Gasteiger partial charge in [-0.3, -0.25) is 4.79 Å². The minimum atomic E-state index is -0.113. The molecule has 2 unspecified atom stereocenters. The minimum absolute atomic E-state index is 0.113. The normalized spacial score (nSPS) is 13.1. The summed E-state index contributed by atoms with van der Waals surface area (Å²) < 4.78 is 0. The van der Waals surface area contributed by atoms with E-state index in [4.69, 9.17) is 17.3 Å². The highest BCUT2D eigenvalue weighted by molar-refractivity contribution is 6.32. The Morgan fingerprint density at radius 3 is 2.70 bits per heavy atom. The van der Waals surface area contributed by atoms with Gasteiger partial charge in [-0.05, 0) is 31.0 Å². The fraction of sp³-hybridized carbons (Fsp3) is 0.438. The molecule has 108 valence electrons. The van der Waals surface area contributed by atoms with Crippen molar-refractivity contribution in [3.8, 4) is 11.8 Å². The predicted octanol–water partition coefficient (Wildman–Crippen LogP) is 2.81. The number of hydrogen-bond donors (Lipinski definition) is 2. The first-order chi connectivity index (χ1) is 9.49. The summed E-state index contributed by atoms with van der Waals surface area (Å²) in [5.41, 5.74) is 6.55. The van der Waals surface area contributed by atoms with Crippen LogP contribution in [0.4, 0.5) is 0 Å². The zero-order valence-corrected chi connectivity index (χ0v) is 12.9. The third kappa shape index (κ3) is 4.56. The molecule has 0 saturated carbocycles. The third-order valence-electron chi connectivity index (χ3n) is 3.41. The number of benzene rings is 1. The second-order valence-corrected chi connectivity index (χ2v) is 5.26. The van der Waals surface area contributed by atoms with Crippen LogP contribution in [0.3, 0.4) is 0 Å². The Balaban J connectivity index is 2.82. The van der Waals surface area contributed by atoms with Gasteiger partial charge in [0, 0.05) is 17.2 Å². The van der Waals surface area contributed by atoms with Gasteiger partial charge in [0.15, 0.2) is 0 Å². The molecule has 20 heavy (non-hydrogen) atoms. The molecule has 2 atom stereocenters. The van der Waals surface area contributed by atoms with Crippen LogP contribution in [-0.2, 0) is 0 Å². The molecule has 0 saturated heterocycles. The largest absolute Gasteiger partial charge is 0.349 e. The van der Waals surface area contributed by atoms with Gasteiger partial charge in [0.25, 0.3) is 5.91 Å². The lowest BCUT2D eigenvalue weighted by Gasteiger charge is -2.19. The number of carbonyl (C=O) groups is 1. The Morgan fingerprint density at radius 1 is 1.45 bits per heavy atom. The molecule has 1 amide bonds. The Bertz CT molecular complexity index is 531. The molecule has 3 nitrogen and oxygen atoms in total. The van der Waals surface area contributed by atoms with Crippen LogP contribution in [0, 0.1) is 17.8 Å². The predicted molar refractivity (Wildman–Crippen MR) is 83.8 cm³/mol. The van der Waals surface area contributed by atoms with Gasteiger partial charge in [-0.25, -0.2) is 0 Å². The van der Waals surface area contributed by atoms with Crippen LogP contribution in [0.25, 0.3) is 0 Å². The summed E-state index contributed by atoms with van der Waals surface area (Å²) in [5, 5.41) is 3.45. The summed E-state index contributed by atoms with van der Waals surface area (Å²) in [5.74, 6) is 5.93. The van der Waals surface area contributed by atoms with Crippen molar-refractivity contribution in [2.45, 2.75) is 33.2 Å². The van der Waals surface area contributed by atoms with E-state index in [0.29, 0.717) is 22.1 Å². The van der Waals surface area contributed by atoms with Crippen molar-refractivity contribution in [1.29, 1.82) is 0 Å². The lowest BCUT2D eigenvalue weighted by Crippen LogP contribution is -2.36. The average Bonchev–Trinajstić information content (AvgIpc) is 2.44. The highest BCUT2D eigenvalue weighted by atomic mass is 35.5. The number of rotatable bonds is 4. The van der Waals surface area contributed by atoms with Crippen molar-refractivity contribution in [2.75, 3.05) is 6.54 Å². The maximum atomic E-state index is 12.1. The van der Waals surface area contributed by atoms with E-state index in [1.54, 1.807) is 18.2 Å². The molecule has 0 aliphatic carbocycles. The molecule has 0 bridgehead atoms. The smallest absolute Gasteiger partial charge is 0.251 e. The number of amides is 1. The van der Waals surface area contributed by atoms with E-state index in [-0.39, 0.29) is 18.5 Å². The molecule has 1 aromatic carbocycles. The Hall–Kier alpha value is -1.50. The molecule has 0 heterocycles. The standard InChI is InChI=1S/C16H21ClN2O/c1-4-11(2)12(3)19-16(20)14-8-7-13(6-5-9-18)15(17)10-14/h7-8,10-12H,4,9,18H2,1-3H3,(H,19,20). The van der Waals surface area contributed by atoms with E-state index in [9.17, 15) is 4.79 Å². The van der Waals surface area contributed by atoms with E-state index < -0.39 is 0 Å². The highest BCUT2D eigenvalue weighted by Crippen LogP contribution is 2.17. The molecule has 0 aliphatic heterocycles. The minimum Gasteiger partial charge on any atom is -0.349 e. The summed E-state index contributed by atoms with van der Waals surface area (Å²) in [6.07, 6.45) is 1.02. The Kier molecular flexibility index (Phi) is 6.57. The molecule has 1 rings (SSSR count). The van der Waals surface area contributed by atoms with Gasteiger partial charge >= 0.3 is 0 Å². The monoisotopic (exact) mass is 292 g/mol. The molecular formula is C16H21ClN2O. The zero-order chi connectivity index (χ0) is 15.1. The zero-order valence-electron chi connectivity index (χ0n) is 12.2. The molecular weight excluding hydrogens is 272 g/mol. The van der Waals surface area contributed by atoms with Crippen molar-refractivity contribution in [3.63, 3.8) is 0 Å². The fourth-order valence-electron chi connectivity index (χ4n) is 1.69. The topological polar surface area (TPSA) is 55.1 Å². The summed E-state index contributed by atoms with van der Waals surface area (Å²) >= 11 is 6.11. The molecule has 0 fully saturated rings. The Morgan fingerprint density at radius 2 is 2.15 bits per heavy atom. The second kappa shape index (κ2) is 7.94. The number of carbonyl (C=O) groups excluding carboxylic acids is 1. The molecule has 1 aromatic rings. The van der Waals surface area contributed by atoms with Gasteiger partial charge in [-0.2, -0.15) is 0 Å². The molecule has 0 aliphatic rings. The molecule has 0 aromatic heterocycles. The number of nitrogens with one attached hydrogen (secondary N) is 1. The highest BCUT2D eigenvalue weighted by Gasteiger charge is 2.15. The van der Waals surface area contributed by atoms with Crippen LogP contribution in [0.1, 0.15) is 43.1 Å². The van der Waals surface area contributed by atoms with Crippen LogP contribution in [0.2, 0.25) is 5.02 Å². The van der Waals surface area contributed by atoms with Crippen LogP contribution in [-0.4, -0.2) is 18.5 Å². The fourth-order valence-corrected chi connectivity index (χ4v) is 1.92. The summed E-state index contributed by atoms with van der Waals surface area (Å²) in [6.45, 7) is 6.51. The number of halogens is 1. The first-order valence-electron chi connectivity index (χ1n) is 6.79. The van der Waals surface area contributed by atoms with E-state index in [0.717, 1.165) is 6.42 Å². The van der Waals surface area contributed by atoms with Crippen LogP contribution < -0.4 is 11.1 Å². The summed E-state index contributed by atoms with van der Waals surface area (Å²) in [4.78, 5) is 12.1. The van der Waals surface area contributed by atoms with Gasteiger partial charge in [0.05, 0.1) is 11.6 Å². The molecule has 4 heteroatoms. The van der Waals surface area contributed by atoms with E-state index >= 15 is 0 Å². The SMILES string of the molecule is CCC(C)C(C)NC(=O)c1ccc(C#CCN)c(Cl)c1.